The molecule has 2 fully saturated rings. The van der Waals surface area contributed by atoms with Crippen molar-refractivity contribution in [1.82, 2.24) is 0 Å². The van der Waals surface area contributed by atoms with Gasteiger partial charge in [0.25, 0.3) is 0 Å². The van der Waals surface area contributed by atoms with Gasteiger partial charge in [-0.15, -0.1) is 22.7 Å². The summed E-state index contributed by atoms with van der Waals surface area (Å²) in [5, 5.41) is 38.5. The molecular weight excluding hydrogens is 601 g/mol. The molecule has 0 bridgehead atoms. The molecule has 2 aromatic rings. The van der Waals surface area contributed by atoms with E-state index in [-0.39, 0.29) is 22.0 Å². The largest absolute Gasteiger partial charge is 0.192 e. The molecule has 4 nitrogen and oxygen atoms in total. The van der Waals surface area contributed by atoms with E-state index in [0.717, 1.165) is 49.7 Å². The van der Waals surface area contributed by atoms with Crippen molar-refractivity contribution in [2.75, 3.05) is 0 Å². The molecule has 46 heavy (non-hydrogen) atoms. The van der Waals surface area contributed by atoms with Crippen LogP contribution in [-0.2, 0) is 10.8 Å². The smallest absolute Gasteiger partial charge is 0.132 e. The normalized spacial score (nSPS) is 22.5. The van der Waals surface area contributed by atoms with Gasteiger partial charge in [-0.1, -0.05) is 50.7 Å². The molecule has 0 aromatic carbocycles. The number of hydrogen-bond donors (Lipinski definition) is 0. The highest BCUT2D eigenvalue weighted by molar-refractivity contribution is 7.29. The number of fused-ring (bicyclic) bond motifs is 7. The van der Waals surface area contributed by atoms with Gasteiger partial charge in [0.15, 0.2) is 0 Å². The summed E-state index contributed by atoms with van der Waals surface area (Å²) >= 11 is 4.04. The number of hydrogen-bond acceptors (Lipinski definition) is 6. The van der Waals surface area contributed by atoms with Gasteiger partial charge in [-0.25, -0.2) is 0 Å². The van der Waals surface area contributed by atoms with E-state index in [4.69, 9.17) is 0 Å². The number of allylic oxidation sites excluding steroid dienone is 10. The monoisotopic (exact) mass is 636 g/mol. The zero-order chi connectivity index (χ0) is 31.5. The van der Waals surface area contributed by atoms with E-state index in [9.17, 15) is 21.0 Å². The van der Waals surface area contributed by atoms with Crippen LogP contribution < -0.4 is 0 Å². The second-order valence-electron chi connectivity index (χ2n) is 14.0. The molecule has 0 N–H and O–H groups in total. The van der Waals surface area contributed by atoms with Crippen LogP contribution in [0.3, 0.4) is 0 Å². The van der Waals surface area contributed by atoms with Crippen molar-refractivity contribution >= 4 is 44.2 Å². The average Bonchev–Trinajstić information content (AvgIpc) is 3.79. The van der Waals surface area contributed by atoms with Gasteiger partial charge < -0.3 is 0 Å². The van der Waals surface area contributed by atoms with E-state index in [1.807, 2.05) is 22.7 Å². The Bertz CT molecular complexity index is 1860. The molecule has 0 amide bonds. The molecule has 0 atom stereocenters. The molecule has 0 aliphatic heterocycles. The number of rotatable bonds is 2. The van der Waals surface area contributed by atoms with E-state index < -0.39 is 0 Å². The van der Waals surface area contributed by atoms with Gasteiger partial charge in [0.1, 0.15) is 35.4 Å². The van der Waals surface area contributed by atoms with Crippen molar-refractivity contribution in [2.24, 2.45) is 0 Å². The van der Waals surface area contributed by atoms with Crippen LogP contribution in [0.1, 0.15) is 124 Å². The summed E-state index contributed by atoms with van der Waals surface area (Å²) in [6.07, 6.45) is 27.3. The Balaban J connectivity index is 1.29. The first-order chi connectivity index (χ1) is 22.6. The fraction of sp³-hybridized carbons (Fsp3) is 0.450. The molecule has 6 aliphatic rings. The summed E-state index contributed by atoms with van der Waals surface area (Å²) in [6.45, 7) is 0. The van der Waals surface area contributed by atoms with Crippen molar-refractivity contribution in [2.45, 2.75) is 114 Å². The van der Waals surface area contributed by atoms with Crippen molar-refractivity contribution in [3.63, 3.8) is 0 Å². The van der Waals surface area contributed by atoms with Gasteiger partial charge in [-0.3, -0.25) is 0 Å². The van der Waals surface area contributed by atoms with Crippen molar-refractivity contribution < 1.29 is 0 Å². The molecule has 8 rings (SSSR count). The molecule has 2 heterocycles. The molecular formula is C40H36N4S2. The molecule has 2 aromatic heterocycles. The summed E-state index contributed by atoms with van der Waals surface area (Å²) < 4.78 is 3.02. The first-order valence-electron chi connectivity index (χ1n) is 17.1. The van der Waals surface area contributed by atoms with E-state index in [2.05, 4.69) is 48.6 Å². The summed E-state index contributed by atoms with van der Waals surface area (Å²) in [4.78, 5) is 2.88. The average molecular weight is 637 g/mol. The van der Waals surface area contributed by atoms with Gasteiger partial charge in [0.2, 0.25) is 0 Å². The van der Waals surface area contributed by atoms with Crippen molar-refractivity contribution in [1.29, 1.82) is 21.0 Å². The quantitative estimate of drug-likeness (QED) is 0.306. The maximum absolute atomic E-state index is 9.62. The van der Waals surface area contributed by atoms with Crippen LogP contribution in [0.4, 0.5) is 0 Å². The molecule has 2 spiro atoms. The third kappa shape index (κ3) is 4.24. The van der Waals surface area contributed by atoms with Gasteiger partial charge in [-0.05, 0) is 121 Å². The molecule has 6 heteroatoms. The van der Waals surface area contributed by atoms with Crippen LogP contribution >= 0.6 is 22.7 Å². The van der Waals surface area contributed by atoms with Gasteiger partial charge >= 0.3 is 0 Å². The van der Waals surface area contributed by atoms with E-state index in [1.54, 1.807) is 11.1 Å². The number of nitrogens with zero attached hydrogens (tertiary/aromatic N) is 4. The van der Waals surface area contributed by atoms with Crippen LogP contribution in [0.2, 0.25) is 0 Å². The van der Waals surface area contributed by atoms with E-state index in [1.165, 1.54) is 106 Å². The fourth-order valence-corrected chi connectivity index (χ4v) is 13.0. The lowest BCUT2D eigenvalue weighted by molar-refractivity contribution is 0.348. The SMILES string of the molecule is N#CC(C#N)=C1C=C(C2=Cc3sc4c5c(sc4c3C23CCCCC3)C=C(C2=CC(=C(C#N)C#N)CCC2)C52CCCCC2)CCC1. The highest BCUT2D eigenvalue weighted by atomic mass is 32.1. The first kappa shape index (κ1) is 29.5. The second-order valence-corrected chi connectivity index (χ2v) is 16.1. The number of thiophene rings is 2. The molecule has 0 unspecified atom stereocenters. The maximum atomic E-state index is 9.62. The summed E-state index contributed by atoms with van der Waals surface area (Å²) in [6, 6.07) is 8.60. The van der Waals surface area contributed by atoms with Crippen molar-refractivity contribution in [3.05, 3.63) is 77.6 Å². The minimum Gasteiger partial charge on any atom is -0.192 e. The predicted octanol–water partition coefficient (Wildman–Crippen LogP) is 11.1. The zero-order valence-corrected chi connectivity index (χ0v) is 27.9. The Morgan fingerprint density at radius 2 is 0.891 bits per heavy atom. The first-order valence-corrected chi connectivity index (χ1v) is 18.7. The highest BCUT2D eigenvalue weighted by Crippen LogP contribution is 2.65. The molecule has 6 aliphatic carbocycles. The van der Waals surface area contributed by atoms with Crippen LogP contribution in [-0.4, -0.2) is 0 Å². The zero-order valence-electron chi connectivity index (χ0n) is 26.2. The third-order valence-electron chi connectivity index (χ3n) is 11.8. The topological polar surface area (TPSA) is 95.2 Å². The maximum Gasteiger partial charge on any atom is 0.132 e. The predicted molar refractivity (Wildman–Crippen MR) is 186 cm³/mol. The standard InChI is InChI=1S/C40H36N4S2/c41-21-29(22-42)25-9-7-11-27(17-25)31-19-33-35(39(31)13-3-1-4-14-39)37-38(45-33)36-34(46-37)20-32(40(36)15-5-2-6-16-40)28-12-8-10-26(18-28)30(23-43)24-44/h17-20H,1-16H2. The van der Waals surface area contributed by atoms with Gasteiger partial charge in [-0.2, -0.15) is 21.0 Å². The molecule has 0 saturated heterocycles. The van der Waals surface area contributed by atoms with Crippen molar-refractivity contribution in [3.8, 4) is 24.3 Å². The summed E-state index contributed by atoms with van der Waals surface area (Å²) in [7, 11) is 0. The van der Waals surface area contributed by atoms with E-state index in [0.29, 0.717) is 0 Å². The minimum atomic E-state index is 0.0288. The molecule has 0 radical (unpaired) electrons. The Morgan fingerprint density at radius 1 is 0.500 bits per heavy atom. The Kier molecular flexibility index (Phi) is 7.29. The highest BCUT2D eigenvalue weighted by Gasteiger charge is 2.50. The fourth-order valence-electron chi connectivity index (χ4n) is 9.84. The van der Waals surface area contributed by atoms with E-state index >= 15 is 0 Å². The summed E-state index contributed by atoms with van der Waals surface area (Å²) in [5.74, 6) is 0. The van der Waals surface area contributed by atoms with Crippen LogP contribution in [0.5, 0.6) is 0 Å². The lowest BCUT2D eigenvalue weighted by atomic mass is 9.64. The van der Waals surface area contributed by atoms with Gasteiger partial charge in [0, 0.05) is 20.6 Å². The third-order valence-corrected chi connectivity index (χ3v) is 14.2. The molecule has 228 valence electrons. The van der Waals surface area contributed by atoms with Crippen LogP contribution in [0.25, 0.3) is 21.6 Å². The minimum absolute atomic E-state index is 0.0288. The second kappa shape index (κ2) is 11.4. The van der Waals surface area contributed by atoms with Crippen LogP contribution in [0, 0.1) is 45.3 Å². The molecule has 2 saturated carbocycles. The lowest BCUT2D eigenvalue weighted by Gasteiger charge is -2.39. The Labute approximate surface area is 279 Å². The summed E-state index contributed by atoms with van der Waals surface area (Å²) in [5.41, 5.74) is 11.2. The Hall–Kier alpha value is -3.94. The van der Waals surface area contributed by atoms with Gasteiger partial charge in [0.05, 0.1) is 9.40 Å². The lowest BCUT2D eigenvalue weighted by Crippen LogP contribution is -2.31. The van der Waals surface area contributed by atoms with Crippen LogP contribution in [0.15, 0.2) is 56.7 Å². The number of nitriles is 4. The Morgan fingerprint density at radius 3 is 1.26 bits per heavy atom.